The first-order chi connectivity index (χ1) is 8.55. The van der Waals surface area contributed by atoms with E-state index in [1.165, 1.54) is 0 Å². The van der Waals surface area contributed by atoms with Crippen molar-refractivity contribution >= 4 is 9.84 Å². The van der Waals surface area contributed by atoms with E-state index in [1.54, 1.807) is 6.92 Å². The molecule has 2 rings (SSSR count). The van der Waals surface area contributed by atoms with Crippen LogP contribution in [0.25, 0.3) is 0 Å². The Kier molecular flexibility index (Phi) is 4.64. The van der Waals surface area contributed by atoms with Gasteiger partial charge in [0.25, 0.3) is 0 Å². The normalized spacial score (nSPS) is 24.7. The maximum atomic E-state index is 11.4. The Labute approximate surface area is 109 Å². The number of likely N-dealkylation sites (tertiary alicyclic amines) is 1. The van der Waals surface area contributed by atoms with E-state index >= 15 is 0 Å². The van der Waals surface area contributed by atoms with Crippen LogP contribution in [0.5, 0.6) is 0 Å². The molecule has 2 fully saturated rings. The summed E-state index contributed by atoms with van der Waals surface area (Å²) in [6, 6.07) is 0. The average Bonchev–Trinajstić information content (AvgIpc) is 2.77. The van der Waals surface area contributed by atoms with Crippen LogP contribution in [-0.4, -0.2) is 63.5 Å². The van der Waals surface area contributed by atoms with E-state index in [-0.39, 0.29) is 11.5 Å². The number of hydrogen-bond acceptors (Lipinski definition) is 5. The van der Waals surface area contributed by atoms with Crippen molar-refractivity contribution in [3.05, 3.63) is 0 Å². The zero-order valence-electron chi connectivity index (χ0n) is 11.1. The molecule has 0 saturated carbocycles. The molecule has 2 saturated heterocycles. The maximum absolute atomic E-state index is 11.4. The first-order valence-electron chi connectivity index (χ1n) is 6.76. The lowest BCUT2D eigenvalue weighted by Gasteiger charge is -2.38. The summed E-state index contributed by atoms with van der Waals surface area (Å²) in [5.74, 6) is 0.125. The van der Waals surface area contributed by atoms with Crippen LogP contribution >= 0.6 is 0 Å². The first-order valence-corrected chi connectivity index (χ1v) is 8.58. The number of nitrogens with zero attached hydrogens (tertiary/aromatic N) is 1. The minimum Gasteiger partial charge on any atom is -0.346 e. The number of rotatable bonds is 5. The molecule has 0 N–H and O–H groups in total. The van der Waals surface area contributed by atoms with E-state index in [1.807, 2.05) is 0 Å². The molecule has 0 bridgehead atoms. The van der Waals surface area contributed by atoms with Gasteiger partial charge in [-0.15, -0.1) is 0 Å². The Hall–Kier alpha value is -0.170. The van der Waals surface area contributed by atoms with Crippen LogP contribution in [0, 0.1) is 0 Å². The maximum Gasteiger partial charge on any atom is 0.181 e. The summed E-state index contributed by atoms with van der Waals surface area (Å²) in [6.07, 6.45) is 2.71. The smallest absolute Gasteiger partial charge is 0.181 e. The fraction of sp³-hybridized carbons (Fsp3) is 1.00. The van der Waals surface area contributed by atoms with Gasteiger partial charge in [0.2, 0.25) is 0 Å². The lowest BCUT2D eigenvalue weighted by molar-refractivity contribution is -0.189. The minimum absolute atomic E-state index is 0.239. The zero-order valence-corrected chi connectivity index (χ0v) is 11.9. The molecule has 0 unspecified atom stereocenters. The van der Waals surface area contributed by atoms with Gasteiger partial charge < -0.3 is 9.47 Å². The molecule has 2 heterocycles. The Bertz CT molecular complexity index is 362. The van der Waals surface area contributed by atoms with Gasteiger partial charge in [-0.2, -0.15) is 0 Å². The molecule has 0 amide bonds. The second-order valence-electron chi connectivity index (χ2n) is 5.08. The Morgan fingerprint density at radius 2 is 2.00 bits per heavy atom. The highest BCUT2D eigenvalue weighted by Gasteiger charge is 2.40. The highest BCUT2D eigenvalue weighted by molar-refractivity contribution is 7.91. The third-order valence-corrected chi connectivity index (χ3v) is 5.47. The van der Waals surface area contributed by atoms with E-state index in [2.05, 4.69) is 4.90 Å². The molecule has 6 heteroatoms. The van der Waals surface area contributed by atoms with Crippen molar-refractivity contribution in [3.8, 4) is 0 Å². The number of sulfone groups is 1. The molecule has 1 spiro atoms. The highest BCUT2D eigenvalue weighted by atomic mass is 32.2. The second-order valence-corrected chi connectivity index (χ2v) is 7.55. The van der Waals surface area contributed by atoms with Crippen LogP contribution in [0.15, 0.2) is 0 Å². The number of ether oxygens (including phenoxy) is 2. The number of hydrogen-bond donors (Lipinski definition) is 0. The summed E-state index contributed by atoms with van der Waals surface area (Å²) in [4.78, 5) is 2.26. The first kappa shape index (κ1) is 14.2. The Morgan fingerprint density at radius 1 is 1.28 bits per heavy atom. The molecule has 0 radical (unpaired) electrons. The molecule has 106 valence electrons. The van der Waals surface area contributed by atoms with Crippen LogP contribution in [-0.2, 0) is 19.3 Å². The molecule has 0 aliphatic carbocycles. The second kappa shape index (κ2) is 5.86. The molecule has 5 nitrogen and oxygen atoms in total. The lowest BCUT2D eigenvalue weighted by atomic mass is 10.0. The minimum atomic E-state index is -2.84. The van der Waals surface area contributed by atoms with Gasteiger partial charge in [0.15, 0.2) is 5.79 Å². The van der Waals surface area contributed by atoms with Gasteiger partial charge in [-0.25, -0.2) is 8.42 Å². The van der Waals surface area contributed by atoms with Crippen molar-refractivity contribution in [2.45, 2.75) is 32.0 Å². The van der Waals surface area contributed by atoms with Gasteiger partial charge in [0, 0.05) is 12.2 Å². The van der Waals surface area contributed by atoms with Crippen LogP contribution in [0.1, 0.15) is 26.2 Å². The molecule has 2 aliphatic rings. The molecule has 2 aliphatic heterocycles. The van der Waals surface area contributed by atoms with E-state index in [0.29, 0.717) is 19.6 Å². The Morgan fingerprint density at radius 3 is 2.67 bits per heavy atom. The van der Waals surface area contributed by atoms with Gasteiger partial charge in [0.1, 0.15) is 9.84 Å². The van der Waals surface area contributed by atoms with Gasteiger partial charge in [-0.05, 0) is 25.9 Å². The van der Waals surface area contributed by atoms with E-state index in [4.69, 9.17) is 9.47 Å². The van der Waals surface area contributed by atoms with Crippen molar-refractivity contribution in [1.29, 1.82) is 0 Å². The van der Waals surface area contributed by atoms with Gasteiger partial charge >= 0.3 is 0 Å². The molecule has 0 aromatic rings. The summed E-state index contributed by atoms with van der Waals surface area (Å²) in [6.45, 7) is 5.66. The molecule has 0 aromatic carbocycles. The Balaban J connectivity index is 1.76. The quantitative estimate of drug-likeness (QED) is 0.738. The van der Waals surface area contributed by atoms with E-state index in [0.717, 1.165) is 32.5 Å². The monoisotopic (exact) mass is 277 g/mol. The van der Waals surface area contributed by atoms with Crippen molar-refractivity contribution in [1.82, 2.24) is 4.90 Å². The van der Waals surface area contributed by atoms with Crippen LogP contribution in [0.3, 0.4) is 0 Å². The lowest BCUT2D eigenvalue weighted by Crippen LogP contribution is -2.49. The van der Waals surface area contributed by atoms with Gasteiger partial charge in [-0.1, -0.05) is 6.92 Å². The van der Waals surface area contributed by atoms with Gasteiger partial charge in [0.05, 0.1) is 25.5 Å². The summed E-state index contributed by atoms with van der Waals surface area (Å²) in [5.41, 5.74) is 0. The molecular formula is C12H23NO4S. The summed E-state index contributed by atoms with van der Waals surface area (Å²) in [7, 11) is -2.84. The fourth-order valence-electron chi connectivity index (χ4n) is 2.65. The van der Waals surface area contributed by atoms with E-state index < -0.39 is 15.6 Å². The molecule has 0 atom stereocenters. The van der Waals surface area contributed by atoms with E-state index in [9.17, 15) is 8.42 Å². The standard InChI is InChI=1S/C12H23NO4S/c1-2-18(14,15)10-4-7-13-6-3-5-12(11-13)16-8-9-17-12/h2-11H2,1H3. The third-order valence-electron chi connectivity index (χ3n) is 3.68. The largest absolute Gasteiger partial charge is 0.346 e. The summed E-state index contributed by atoms with van der Waals surface area (Å²) < 4.78 is 34.2. The van der Waals surface area contributed by atoms with Crippen molar-refractivity contribution in [2.75, 3.05) is 44.4 Å². The van der Waals surface area contributed by atoms with Crippen molar-refractivity contribution in [3.63, 3.8) is 0 Å². The number of piperidine rings is 1. The average molecular weight is 277 g/mol. The predicted molar refractivity (Wildman–Crippen MR) is 69.3 cm³/mol. The van der Waals surface area contributed by atoms with Crippen molar-refractivity contribution < 1.29 is 17.9 Å². The molecule has 0 aromatic heterocycles. The zero-order chi connectivity index (χ0) is 13.1. The topological polar surface area (TPSA) is 55.8 Å². The van der Waals surface area contributed by atoms with Gasteiger partial charge in [-0.3, -0.25) is 4.90 Å². The van der Waals surface area contributed by atoms with Crippen LogP contribution < -0.4 is 0 Å². The van der Waals surface area contributed by atoms with Crippen molar-refractivity contribution in [2.24, 2.45) is 0 Å². The molecular weight excluding hydrogens is 254 g/mol. The summed E-state index contributed by atoms with van der Waals surface area (Å²) >= 11 is 0. The van der Waals surface area contributed by atoms with Crippen LogP contribution in [0.4, 0.5) is 0 Å². The summed E-state index contributed by atoms with van der Waals surface area (Å²) in [5, 5.41) is 0. The fourth-order valence-corrected chi connectivity index (χ4v) is 3.50. The third kappa shape index (κ3) is 3.66. The SMILES string of the molecule is CCS(=O)(=O)CCCN1CCCC2(C1)OCCO2. The highest BCUT2D eigenvalue weighted by Crippen LogP contribution is 2.29. The molecule has 18 heavy (non-hydrogen) atoms. The predicted octanol–water partition coefficient (Wildman–Crippen LogP) is 0.650. The van der Waals surface area contributed by atoms with Crippen LogP contribution in [0.2, 0.25) is 0 Å².